The van der Waals surface area contributed by atoms with Crippen molar-refractivity contribution in [1.29, 1.82) is 0 Å². The Morgan fingerprint density at radius 1 is 1.10 bits per heavy atom. The maximum absolute atomic E-state index is 12.8. The zero-order valence-electron chi connectivity index (χ0n) is 16.5. The van der Waals surface area contributed by atoms with E-state index in [0.717, 1.165) is 10.2 Å². The minimum Gasteiger partial charge on any atom is -0.462 e. The predicted octanol–water partition coefficient (Wildman–Crippen LogP) is 3.72. The van der Waals surface area contributed by atoms with Gasteiger partial charge in [-0.1, -0.05) is 48.5 Å². The highest BCUT2D eigenvalue weighted by atomic mass is 32.1. The van der Waals surface area contributed by atoms with Crippen LogP contribution in [0.4, 0.5) is 5.00 Å². The molecule has 0 fully saturated rings. The van der Waals surface area contributed by atoms with Gasteiger partial charge in [0.05, 0.1) is 12.3 Å². The van der Waals surface area contributed by atoms with Gasteiger partial charge in [0.15, 0.2) is 0 Å². The Kier molecular flexibility index (Phi) is 5.76. The van der Waals surface area contributed by atoms with Gasteiger partial charge in [0, 0.05) is 10.9 Å². The first kappa shape index (κ1) is 20.3. The lowest BCUT2D eigenvalue weighted by Gasteiger charge is -2.08. The molecule has 9 heteroatoms. The van der Waals surface area contributed by atoms with Crippen molar-refractivity contribution in [3.8, 4) is 16.8 Å². The predicted molar refractivity (Wildman–Crippen MR) is 118 cm³/mol. The number of rotatable bonds is 6. The van der Waals surface area contributed by atoms with Gasteiger partial charge in [-0.15, -0.1) is 16.4 Å². The average Bonchev–Trinajstić information content (AvgIpc) is 3.39. The quantitative estimate of drug-likeness (QED) is 0.450. The van der Waals surface area contributed by atoms with Crippen LogP contribution in [0.2, 0.25) is 0 Å². The number of nitrogens with one attached hydrogen (secondary N) is 2. The van der Waals surface area contributed by atoms with E-state index in [1.807, 2.05) is 36.4 Å². The highest BCUT2D eigenvalue weighted by molar-refractivity contribution is 7.15. The van der Waals surface area contributed by atoms with Crippen molar-refractivity contribution in [3.63, 3.8) is 0 Å². The van der Waals surface area contributed by atoms with E-state index in [4.69, 9.17) is 4.74 Å². The van der Waals surface area contributed by atoms with Crippen molar-refractivity contribution in [3.05, 3.63) is 87.9 Å². The molecule has 2 aromatic carbocycles. The van der Waals surface area contributed by atoms with Gasteiger partial charge in [-0.3, -0.25) is 9.78 Å². The van der Waals surface area contributed by atoms with Gasteiger partial charge in [-0.25, -0.2) is 9.59 Å². The smallest absolute Gasteiger partial charge is 0.348 e. The van der Waals surface area contributed by atoms with E-state index in [1.165, 1.54) is 11.3 Å². The van der Waals surface area contributed by atoms with E-state index in [2.05, 4.69) is 15.4 Å². The maximum Gasteiger partial charge on any atom is 0.348 e. The standard InChI is InChI=1S/C22H18N4O4S/c1-2-30-21(28)17-16(14-9-5-3-6-10-14)13-31-20(17)24-19(27)18-23-22(29)26(25-18)15-11-7-4-8-12-15/h3-13H,2H2,1H3,(H,24,27)(H,23,25,29). The molecular formula is C22H18N4O4S. The molecule has 0 aliphatic carbocycles. The summed E-state index contributed by atoms with van der Waals surface area (Å²) in [6.07, 6.45) is 0. The van der Waals surface area contributed by atoms with Gasteiger partial charge in [0.25, 0.3) is 5.91 Å². The molecule has 0 saturated heterocycles. The number of aromatic nitrogens is 3. The van der Waals surface area contributed by atoms with Crippen LogP contribution >= 0.6 is 11.3 Å². The summed E-state index contributed by atoms with van der Waals surface area (Å²) in [6.45, 7) is 1.91. The third-order valence-electron chi connectivity index (χ3n) is 4.42. The summed E-state index contributed by atoms with van der Waals surface area (Å²) in [6, 6.07) is 18.1. The monoisotopic (exact) mass is 434 g/mol. The number of carbonyl (C=O) groups is 2. The molecule has 0 unspecified atom stereocenters. The van der Waals surface area contributed by atoms with Crippen molar-refractivity contribution >= 4 is 28.2 Å². The third kappa shape index (κ3) is 4.17. The Morgan fingerprint density at radius 3 is 2.45 bits per heavy atom. The molecule has 31 heavy (non-hydrogen) atoms. The lowest BCUT2D eigenvalue weighted by molar-refractivity contribution is 0.0529. The SMILES string of the molecule is CCOC(=O)c1c(-c2ccccc2)csc1NC(=O)c1nn(-c2ccccc2)c(=O)[nH]1. The Labute approximate surface area is 181 Å². The Morgan fingerprint density at radius 2 is 1.77 bits per heavy atom. The zero-order chi connectivity index (χ0) is 21.8. The first-order chi connectivity index (χ1) is 15.1. The van der Waals surface area contributed by atoms with Crippen molar-refractivity contribution in [2.75, 3.05) is 11.9 Å². The fourth-order valence-electron chi connectivity index (χ4n) is 3.02. The van der Waals surface area contributed by atoms with Crippen molar-refractivity contribution in [2.45, 2.75) is 6.92 Å². The van der Waals surface area contributed by atoms with Gasteiger partial charge < -0.3 is 10.1 Å². The number of hydrogen-bond acceptors (Lipinski definition) is 6. The molecule has 2 aromatic heterocycles. The zero-order valence-corrected chi connectivity index (χ0v) is 17.3. The molecule has 0 aliphatic heterocycles. The first-order valence-electron chi connectivity index (χ1n) is 9.48. The summed E-state index contributed by atoms with van der Waals surface area (Å²) in [7, 11) is 0. The second-order valence-corrected chi connectivity index (χ2v) is 7.30. The number of aromatic amines is 1. The molecule has 156 valence electrons. The number of H-pyrrole nitrogens is 1. The highest BCUT2D eigenvalue weighted by Crippen LogP contribution is 2.36. The summed E-state index contributed by atoms with van der Waals surface area (Å²) in [4.78, 5) is 40.1. The number of benzene rings is 2. The summed E-state index contributed by atoms with van der Waals surface area (Å²) in [5, 5.41) is 8.86. The number of thiophene rings is 1. The molecule has 4 aromatic rings. The number of hydrogen-bond donors (Lipinski definition) is 2. The Balaban J connectivity index is 1.67. The van der Waals surface area contributed by atoms with Gasteiger partial charge in [0.1, 0.15) is 10.6 Å². The minimum absolute atomic E-state index is 0.168. The molecule has 0 atom stereocenters. The van der Waals surface area contributed by atoms with Gasteiger partial charge in [0.2, 0.25) is 5.82 Å². The lowest BCUT2D eigenvalue weighted by Crippen LogP contribution is -2.17. The van der Waals surface area contributed by atoms with Crippen LogP contribution < -0.4 is 11.0 Å². The molecule has 1 amide bonds. The molecule has 0 aliphatic rings. The van der Waals surface area contributed by atoms with Gasteiger partial charge in [-0.05, 0) is 24.6 Å². The summed E-state index contributed by atoms with van der Waals surface area (Å²) < 4.78 is 6.30. The number of carbonyl (C=O) groups excluding carboxylic acids is 2. The topological polar surface area (TPSA) is 106 Å². The fraction of sp³-hybridized carbons (Fsp3) is 0.0909. The number of amides is 1. The van der Waals surface area contributed by atoms with Crippen LogP contribution in [0.25, 0.3) is 16.8 Å². The lowest BCUT2D eigenvalue weighted by atomic mass is 10.0. The van der Waals surface area contributed by atoms with Gasteiger partial charge in [-0.2, -0.15) is 4.68 Å². The maximum atomic E-state index is 12.8. The summed E-state index contributed by atoms with van der Waals surface area (Å²) in [5.41, 5.74) is 1.72. The molecule has 0 saturated carbocycles. The number of nitrogens with zero attached hydrogens (tertiary/aromatic N) is 2. The van der Waals surface area contributed by atoms with Crippen LogP contribution in [0.3, 0.4) is 0 Å². The molecule has 2 N–H and O–H groups in total. The summed E-state index contributed by atoms with van der Waals surface area (Å²) in [5.74, 6) is -1.35. The number of anilines is 1. The van der Waals surface area contributed by atoms with Gasteiger partial charge >= 0.3 is 11.7 Å². The number of para-hydroxylation sites is 1. The molecule has 0 spiro atoms. The Hall–Kier alpha value is -3.98. The molecule has 0 bridgehead atoms. The average molecular weight is 434 g/mol. The normalized spacial score (nSPS) is 10.6. The number of esters is 1. The second-order valence-electron chi connectivity index (χ2n) is 6.42. The highest BCUT2D eigenvalue weighted by Gasteiger charge is 2.24. The van der Waals surface area contributed by atoms with E-state index < -0.39 is 17.6 Å². The largest absolute Gasteiger partial charge is 0.462 e. The first-order valence-corrected chi connectivity index (χ1v) is 10.4. The van der Waals surface area contributed by atoms with Crippen LogP contribution in [0.1, 0.15) is 27.9 Å². The van der Waals surface area contributed by atoms with Crippen LogP contribution in [0.5, 0.6) is 0 Å². The molecular weight excluding hydrogens is 416 g/mol. The van der Waals surface area contributed by atoms with Crippen LogP contribution in [0, 0.1) is 0 Å². The van der Waals surface area contributed by atoms with Crippen molar-refractivity contribution < 1.29 is 14.3 Å². The second kappa shape index (κ2) is 8.80. The summed E-state index contributed by atoms with van der Waals surface area (Å²) >= 11 is 1.20. The van der Waals surface area contributed by atoms with E-state index in [1.54, 1.807) is 36.6 Å². The van der Waals surface area contributed by atoms with Crippen LogP contribution in [0.15, 0.2) is 70.8 Å². The fourth-order valence-corrected chi connectivity index (χ4v) is 3.97. The minimum atomic E-state index is -0.640. The van der Waals surface area contributed by atoms with Crippen molar-refractivity contribution in [2.24, 2.45) is 0 Å². The van der Waals surface area contributed by atoms with E-state index in [9.17, 15) is 14.4 Å². The van der Waals surface area contributed by atoms with E-state index in [0.29, 0.717) is 16.3 Å². The van der Waals surface area contributed by atoms with E-state index >= 15 is 0 Å². The molecule has 2 heterocycles. The van der Waals surface area contributed by atoms with Crippen molar-refractivity contribution in [1.82, 2.24) is 14.8 Å². The Bertz CT molecular complexity index is 1280. The third-order valence-corrected chi connectivity index (χ3v) is 5.31. The molecule has 4 rings (SSSR count). The van der Waals surface area contributed by atoms with Crippen LogP contribution in [-0.4, -0.2) is 33.2 Å². The molecule has 0 radical (unpaired) electrons. The van der Waals surface area contributed by atoms with E-state index in [-0.39, 0.29) is 18.0 Å². The number of ether oxygens (including phenoxy) is 1. The van der Waals surface area contributed by atoms with Crippen LogP contribution in [-0.2, 0) is 4.74 Å². The molecule has 8 nitrogen and oxygen atoms in total.